The van der Waals surface area contributed by atoms with Gasteiger partial charge in [-0.2, -0.15) is 0 Å². The van der Waals surface area contributed by atoms with Crippen LogP contribution in [0.25, 0.3) is 115 Å². The molecule has 1 unspecified atom stereocenters. The van der Waals surface area contributed by atoms with Crippen LogP contribution < -0.4 is 10.6 Å². The Bertz CT molecular complexity index is 3770. The fourth-order valence-corrected chi connectivity index (χ4v) is 10.7. The average Bonchev–Trinajstić information content (AvgIpc) is 3.99. The quantitative estimate of drug-likeness (QED) is 0.179. The third-order valence-corrected chi connectivity index (χ3v) is 13.3. The minimum Gasteiger partial charge on any atom is -0.453 e. The van der Waals surface area contributed by atoms with Crippen molar-refractivity contribution in [1.82, 2.24) is 19.5 Å². The van der Waals surface area contributed by atoms with Crippen LogP contribution in [0.3, 0.4) is 0 Å². The Kier molecular flexibility index (Phi) is 6.94. The summed E-state index contributed by atoms with van der Waals surface area (Å²) in [6, 6.07) is 51.3. The molecule has 0 radical (unpaired) electrons. The van der Waals surface area contributed by atoms with Crippen LogP contribution in [0.4, 0.5) is 0 Å². The molecule has 1 atom stereocenters. The Morgan fingerprint density at radius 3 is 2.22 bits per heavy atom. The van der Waals surface area contributed by atoms with Gasteiger partial charge in [0.2, 0.25) is 0 Å². The molecule has 0 fully saturated rings. The summed E-state index contributed by atoms with van der Waals surface area (Å²) < 4.78 is 12.1. The maximum atomic E-state index is 7.29. The molecule has 0 saturated carbocycles. The smallest absolute Gasteiger partial charge is 0.167 e. The second-order valence-corrected chi connectivity index (χ2v) is 16.5. The molecule has 2 aliphatic rings. The fourth-order valence-electron chi connectivity index (χ4n) is 9.58. The number of allylic oxidation sites excluding steroid dienone is 4. The predicted octanol–water partition coefficient (Wildman–Crippen LogP) is 12.3. The number of para-hydroxylation sites is 2. The second-order valence-electron chi connectivity index (χ2n) is 15.4. The summed E-state index contributed by atoms with van der Waals surface area (Å²) in [5.41, 5.74) is 7.85. The van der Waals surface area contributed by atoms with Crippen LogP contribution in [0.15, 0.2) is 174 Å². The molecular formula is C53H32N4OS. The van der Waals surface area contributed by atoms with Crippen molar-refractivity contribution in [3.8, 4) is 39.9 Å². The van der Waals surface area contributed by atoms with Crippen molar-refractivity contribution in [1.29, 1.82) is 0 Å². The molecule has 5 nitrogen and oxygen atoms in total. The van der Waals surface area contributed by atoms with Gasteiger partial charge in [-0.3, -0.25) is 0 Å². The summed E-state index contributed by atoms with van der Waals surface area (Å²) in [5.74, 6) is 2.19. The van der Waals surface area contributed by atoms with Crippen LogP contribution in [-0.4, -0.2) is 19.5 Å². The van der Waals surface area contributed by atoms with Crippen molar-refractivity contribution in [3.05, 3.63) is 180 Å². The van der Waals surface area contributed by atoms with Gasteiger partial charge in [0.15, 0.2) is 23.1 Å². The molecule has 0 saturated heterocycles. The first-order chi connectivity index (χ1) is 29.3. The highest BCUT2D eigenvalue weighted by atomic mass is 32.1. The fraction of sp³-hybridized carbons (Fsp3) is 0.0377. The largest absolute Gasteiger partial charge is 0.453 e. The number of hydrogen-bond donors (Lipinski definition) is 0. The minimum absolute atomic E-state index is 0.374. The van der Waals surface area contributed by atoms with Crippen molar-refractivity contribution in [2.45, 2.75) is 6.42 Å². The molecule has 0 spiro atoms. The molecule has 0 aliphatic heterocycles. The van der Waals surface area contributed by atoms with Gasteiger partial charge in [-0.05, 0) is 53.1 Å². The van der Waals surface area contributed by atoms with Gasteiger partial charge in [0.1, 0.15) is 5.58 Å². The summed E-state index contributed by atoms with van der Waals surface area (Å²) in [7, 11) is 0. The molecule has 59 heavy (non-hydrogen) atoms. The topological polar surface area (TPSA) is 56.7 Å². The number of hydrogen-bond acceptors (Lipinski definition) is 5. The summed E-state index contributed by atoms with van der Waals surface area (Å²) >= 11 is 1.79. The zero-order chi connectivity index (χ0) is 38.6. The van der Waals surface area contributed by atoms with Crippen LogP contribution in [0.2, 0.25) is 0 Å². The monoisotopic (exact) mass is 772 g/mol. The van der Waals surface area contributed by atoms with Crippen LogP contribution in [0.5, 0.6) is 0 Å². The Morgan fingerprint density at radius 2 is 1.31 bits per heavy atom. The molecule has 11 aromatic rings. The summed E-state index contributed by atoms with van der Waals surface area (Å²) in [6.45, 7) is 0. The van der Waals surface area contributed by atoms with E-state index >= 15 is 0 Å². The summed E-state index contributed by atoms with van der Waals surface area (Å²) in [6.07, 6.45) is 12.3. The molecule has 0 N–H and O–H groups in total. The highest BCUT2D eigenvalue weighted by Crippen LogP contribution is 2.44. The van der Waals surface area contributed by atoms with E-state index in [2.05, 4.69) is 162 Å². The molecule has 7 aromatic carbocycles. The molecule has 13 rings (SSSR count). The van der Waals surface area contributed by atoms with Gasteiger partial charge in [-0.15, -0.1) is 11.3 Å². The van der Waals surface area contributed by atoms with Crippen LogP contribution in [-0.2, 0) is 0 Å². The highest BCUT2D eigenvalue weighted by molar-refractivity contribution is 7.25. The number of rotatable bonds is 4. The van der Waals surface area contributed by atoms with E-state index < -0.39 is 0 Å². The first-order valence-electron chi connectivity index (χ1n) is 20.1. The summed E-state index contributed by atoms with van der Waals surface area (Å²) in [4.78, 5) is 15.8. The molecule has 4 aromatic heterocycles. The lowest BCUT2D eigenvalue weighted by molar-refractivity contribution is 0.666. The predicted molar refractivity (Wildman–Crippen MR) is 244 cm³/mol. The van der Waals surface area contributed by atoms with Crippen molar-refractivity contribution in [3.63, 3.8) is 0 Å². The van der Waals surface area contributed by atoms with Crippen molar-refractivity contribution < 1.29 is 4.42 Å². The number of nitrogens with zero attached hydrogens (tertiary/aromatic N) is 4. The molecule has 0 bridgehead atoms. The minimum atomic E-state index is 0.374. The van der Waals surface area contributed by atoms with Gasteiger partial charge in [-0.25, -0.2) is 15.0 Å². The summed E-state index contributed by atoms with van der Waals surface area (Å²) in [5, 5.41) is 10.4. The molecule has 4 heterocycles. The van der Waals surface area contributed by atoms with Gasteiger partial charge < -0.3 is 8.98 Å². The standard InChI is InChI=1S/C53H32N4OS/c1-2-15-32(16-3-1)51-54-52(39-23-13-27-45-47(39)37-21-9-11-26-44(37)59-45)56-53(55-51)40-30-33-17-5-7-19-35(33)48-38-22-12-25-43(49(38)58-50(40)48)57-41-24-10-8-20-36(41)46-34-18-6-4-14-31(34)28-29-42(46)57/h1-27,29-31H,28H2. The van der Waals surface area contributed by atoms with E-state index in [1.165, 1.54) is 36.3 Å². The van der Waals surface area contributed by atoms with E-state index in [4.69, 9.17) is 19.4 Å². The van der Waals surface area contributed by atoms with Crippen molar-refractivity contribution >= 4 is 86.8 Å². The maximum absolute atomic E-state index is 7.29. The Balaban J connectivity index is 1.12. The maximum Gasteiger partial charge on any atom is 0.167 e. The first-order valence-corrected chi connectivity index (χ1v) is 20.9. The van der Waals surface area contributed by atoms with E-state index in [1.807, 2.05) is 18.2 Å². The van der Waals surface area contributed by atoms with E-state index in [0.717, 1.165) is 72.4 Å². The Hall–Kier alpha value is -7.41. The number of fused-ring (bicyclic) bond motifs is 12. The normalized spacial score (nSPS) is 14.8. The SMILES string of the molecule is C1=CC2=c3c(n(-c4cccc5c4oc4c(-c6nc(-c7ccccc7)nc(-c7cccc8sc9ccccc9c78)n6)cc6ccccc6c45)c4ccccc34)=CCC2C=C1. The van der Waals surface area contributed by atoms with Gasteiger partial charge >= 0.3 is 0 Å². The number of benzene rings is 7. The highest BCUT2D eigenvalue weighted by Gasteiger charge is 2.25. The van der Waals surface area contributed by atoms with Crippen LogP contribution in [0, 0.1) is 5.92 Å². The molecule has 2 aliphatic carbocycles. The van der Waals surface area contributed by atoms with Gasteiger partial charge in [0.25, 0.3) is 0 Å². The van der Waals surface area contributed by atoms with Crippen LogP contribution >= 0.6 is 11.3 Å². The second kappa shape index (κ2) is 12.5. The lowest BCUT2D eigenvalue weighted by Gasteiger charge is -2.18. The van der Waals surface area contributed by atoms with Gasteiger partial charge in [0, 0.05) is 58.6 Å². The van der Waals surface area contributed by atoms with E-state index in [1.54, 1.807) is 11.3 Å². The average molecular weight is 773 g/mol. The molecule has 0 amide bonds. The molecular weight excluding hydrogens is 741 g/mol. The lowest BCUT2D eigenvalue weighted by Crippen LogP contribution is -2.35. The lowest BCUT2D eigenvalue weighted by atomic mass is 9.87. The first kappa shape index (κ1) is 32.7. The number of furan rings is 1. The third kappa shape index (κ3) is 4.81. The van der Waals surface area contributed by atoms with Crippen molar-refractivity contribution in [2.75, 3.05) is 0 Å². The zero-order valence-electron chi connectivity index (χ0n) is 31.6. The zero-order valence-corrected chi connectivity index (χ0v) is 32.4. The molecule has 276 valence electrons. The van der Waals surface area contributed by atoms with E-state index in [-0.39, 0.29) is 0 Å². The van der Waals surface area contributed by atoms with E-state index in [0.29, 0.717) is 23.4 Å². The van der Waals surface area contributed by atoms with Gasteiger partial charge in [0.05, 0.1) is 22.1 Å². The number of thiophene rings is 1. The van der Waals surface area contributed by atoms with E-state index in [9.17, 15) is 0 Å². The Labute approximate surface area is 341 Å². The van der Waals surface area contributed by atoms with Gasteiger partial charge in [-0.1, -0.05) is 146 Å². The van der Waals surface area contributed by atoms with Crippen LogP contribution in [0.1, 0.15) is 6.42 Å². The van der Waals surface area contributed by atoms with Crippen molar-refractivity contribution in [2.24, 2.45) is 5.92 Å². The Morgan fingerprint density at radius 1 is 0.576 bits per heavy atom. The molecule has 6 heteroatoms. The third-order valence-electron chi connectivity index (χ3n) is 12.2. The number of aromatic nitrogens is 4.